The molecule has 2 rings (SSSR count). The lowest BCUT2D eigenvalue weighted by atomic mass is 10.3. The van der Waals surface area contributed by atoms with E-state index in [4.69, 9.17) is 9.84 Å². The number of benzene rings is 1. The number of carboxylic acid groups (broad SMARTS) is 1. The van der Waals surface area contributed by atoms with Crippen molar-refractivity contribution in [1.82, 2.24) is 0 Å². The predicted octanol–water partition coefficient (Wildman–Crippen LogP) is 3.22. The second-order valence-electron chi connectivity index (χ2n) is 3.70. The van der Waals surface area contributed by atoms with Crippen LogP contribution in [0.2, 0.25) is 0 Å². The van der Waals surface area contributed by atoms with Crippen molar-refractivity contribution in [2.45, 2.75) is 0 Å². The molecular weight excluding hydrogens is 250 g/mol. The van der Waals surface area contributed by atoms with Gasteiger partial charge in [0.2, 0.25) is 0 Å². The Bertz CT molecular complexity index is 565. The summed E-state index contributed by atoms with van der Waals surface area (Å²) >= 11 is 1.24. The number of rotatable bonds is 4. The van der Waals surface area contributed by atoms with Crippen LogP contribution in [0.3, 0.4) is 0 Å². The second kappa shape index (κ2) is 5.10. The highest BCUT2D eigenvalue weighted by molar-refractivity contribution is 7.17. The van der Waals surface area contributed by atoms with Gasteiger partial charge < -0.3 is 14.7 Å². The Hall–Kier alpha value is -2.01. The van der Waals surface area contributed by atoms with Crippen LogP contribution < -0.4 is 9.64 Å². The van der Waals surface area contributed by atoms with E-state index in [1.807, 2.05) is 36.2 Å². The third-order valence-corrected chi connectivity index (χ3v) is 3.72. The SMILES string of the molecule is COc1cccc(N(C)c2ccc(C(=O)O)s2)c1. The van der Waals surface area contributed by atoms with Gasteiger partial charge in [0.15, 0.2) is 0 Å². The zero-order chi connectivity index (χ0) is 13.1. The number of methoxy groups -OCH3 is 1. The zero-order valence-electron chi connectivity index (χ0n) is 10.1. The fourth-order valence-electron chi connectivity index (χ4n) is 1.57. The minimum absolute atomic E-state index is 0.333. The van der Waals surface area contributed by atoms with Crippen molar-refractivity contribution in [1.29, 1.82) is 0 Å². The quantitative estimate of drug-likeness (QED) is 0.920. The molecule has 0 radical (unpaired) electrons. The topological polar surface area (TPSA) is 49.8 Å². The van der Waals surface area contributed by atoms with Crippen LogP contribution >= 0.6 is 11.3 Å². The van der Waals surface area contributed by atoms with E-state index in [1.165, 1.54) is 11.3 Å². The van der Waals surface area contributed by atoms with Gasteiger partial charge in [-0.2, -0.15) is 0 Å². The van der Waals surface area contributed by atoms with Gasteiger partial charge in [-0.05, 0) is 24.3 Å². The summed E-state index contributed by atoms with van der Waals surface area (Å²) in [6, 6.07) is 11.0. The molecule has 1 N–H and O–H groups in total. The standard InChI is InChI=1S/C13H13NO3S/c1-14(9-4-3-5-10(8-9)17-2)12-7-6-11(18-12)13(15)16/h3-8H,1-2H3,(H,15,16). The predicted molar refractivity (Wildman–Crippen MR) is 72.3 cm³/mol. The second-order valence-corrected chi connectivity index (χ2v) is 4.77. The molecule has 0 saturated heterocycles. The van der Waals surface area contributed by atoms with Crippen molar-refractivity contribution in [3.8, 4) is 5.75 Å². The molecule has 0 aliphatic heterocycles. The summed E-state index contributed by atoms with van der Waals surface area (Å²) in [5, 5.41) is 9.78. The van der Waals surface area contributed by atoms with E-state index in [0.29, 0.717) is 4.88 Å². The molecule has 5 heteroatoms. The van der Waals surface area contributed by atoms with Crippen molar-refractivity contribution in [3.63, 3.8) is 0 Å². The molecule has 2 aromatic rings. The average Bonchev–Trinajstić information content (AvgIpc) is 2.87. The summed E-state index contributed by atoms with van der Waals surface area (Å²) in [6.07, 6.45) is 0. The molecule has 0 amide bonds. The number of hydrogen-bond donors (Lipinski definition) is 1. The summed E-state index contributed by atoms with van der Waals surface area (Å²) in [5.41, 5.74) is 0.952. The summed E-state index contributed by atoms with van der Waals surface area (Å²) in [5.74, 6) is -0.125. The van der Waals surface area contributed by atoms with Crippen molar-refractivity contribution in [3.05, 3.63) is 41.3 Å². The van der Waals surface area contributed by atoms with E-state index < -0.39 is 5.97 Å². The summed E-state index contributed by atoms with van der Waals surface area (Å²) in [4.78, 5) is 13.1. The van der Waals surface area contributed by atoms with E-state index in [2.05, 4.69) is 0 Å². The van der Waals surface area contributed by atoms with Gasteiger partial charge in [-0.15, -0.1) is 11.3 Å². The van der Waals surface area contributed by atoms with Crippen LogP contribution in [0.4, 0.5) is 10.7 Å². The normalized spacial score (nSPS) is 10.1. The molecule has 1 aromatic carbocycles. The Labute approximate surface area is 109 Å². The molecular formula is C13H13NO3S. The molecule has 0 fully saturated rings. The lowest BCUT2D eigenvalue weighted by molar-refractivity contribution is 0.0702. The fourth-order valence-corrected chi connectivity index (χ4v) is 2.40. The molecule has 18 heavy (non-hydrogen) atoms. The molecule has 1 heterocycles. The van der Waals surface area contributed by atoms with E-state index in [0.717, 1.165) is 16.4 Å². The molecule has 0 atom stereocenters. The Morgan fingerprint density at radius 2 is 2.11 bits per heavy atom. The van der Waals surface area contributed by atoms with Gasteiger partial charge in [0.25, 0.3) is 0 Å². The molecule has 1 aromatic heterocycles. The maximum atomic E-state index is 10.8. The maximum absolute atomic E-state index is 10.8. The summed E-state index contributed by atoms with van der Waals surface area (Å²) < 4.78 is 5.17. The van der Waals surface area contributed by atoms with Crippen molar-refractivity contribution in [2.75, 3.05) is 19.1 Å². The lowest BCUT2D eigenvalue weighted by Crippen LogP contribution is -2.07. The van der Waals surface area contributed by atoms with Crippen molar-refractivity contribution < 1.29 is 14.6 Å². The molecule has 0 aliphatic carbocycles. The number of hydrogen-bond acceptors (Lipinski definition) is 4. The van der Waals surface area contributed by atoms with Crippen LogP contribution in [0.15, 0.2) is 36.4 Å². The van der Waals surface area contributed by atoms with Crippen molar-refractivity contribution in [2.24, 2.45) is 0 Å². The van der Waals surface area contributed by atoms with Gasteiger partial charge in [0, 0.05) is 18.8 Å². The van der Waals surface area contributed by atoms with Crippen LogP contribution in [0.1, 0.15) is 9.67 Å². The van der Waals surface area contributed by atoms with Crippen LogP contribution in [-0.4, -0.2) is 25.2 Å². The monoisotopic (exact) mass is 263 g/mol. The molecule has 0 spiro atoms. The minimum Gasteiger partial charge on any atom is -0.497 e. The number of carboxylic acids is 1. The van der Waals surface area contributed by atoms with Gasteiger partial charge >= 0.3 is 5.97 Å². The van der Waals surface area contributed by atoms with Gasteiger partial charge in [0.1, 0.15) is 10.6 Å². The molecule has 0 unspecified atom stereocenters. The zero-order valence-corrected chi connectivity index (χ0v) is 10.9. The number of thiophene rings is 1. The molecule has 0 aliphatic rings. The van der Waals surface area contributed by atoms with Gasteiger partial charge in [-0.25, -0.2) is 4.79 Å². The Morgan fingerprint density at radius 1 is 1.33 bits per heavy atom. The van der Waals surface area contributed by atoms with Crippen LogP contribution in [-0.2, 0) is 0 Å². The fraction of sp³-hybridized carbons (Fsp3) is 0.154. The van der Waals surface area contributed by atoms with E-state index in [9.17, 15) is 4.79 Å². The number of nitrogens with zero attached hydrogens (tertiary/aromatic N) is 1. The number of carbonyl (C=O) groups is 1. The largest absolute Gasteiger partial charge is 0.497 e. The Kier molecular flexibility index (Phi) is 3.53. The highest BCUT2D eigenvalue weighted by Gasteiger charge is 2.11. The van der Waals surface area contributed by atoms with Gasteiger partial charge in [-0.1, -0.05) is 6.07 Å². The first-order valence-electron chi connectivity index (χ1n) is 5.32. The smallest absolute Gasteiger partial charge is 0.345 e. The van der Waals surface area contributed by atoms with Crippen molar-refractivity contribution >= 4 is 28.0 Å². The Balaban J connectivity index is 2.28. The molecule has 0 saturated carbocycles. The Morgan fingerprint density at radius 3 is 2.72 bits per heavy atom. The van der Waals surface area contributed by atoms with E-state index in [1.54, 1.807) is 19.2 Å². The van der Waals surface area contributed by atoms with Crippen LogP contribution in [0, 0.1) is 0 Å². The highest BCUT2D eigenvalue weighted by atomic mass is 32.1. The van der Waals surface area contributed by atoms with Gasteiger partial charge in [0.05, 0.1) is 12.1 Å². The third kappa shape index (κ3) is 2.46. The highest BCUT2D eigenvalue weighted by Crippen LogP contribution is 2.32. The molecule has 4 nitrogen and oxygen atoms in total. The van der Waals surface area contributed by atoms with Gasteiger partial charge in [-0.3, -0.25) is 0 Å². The lowest BCUT2D eigenvalue weighted by Gasteiger charge is -2.17. The first kappa shape index (κ1) is 12.4. The average molecular weight is 263 g/mol. The summed E-state index contributed by atoms with van der Waals surface area (Å²) in [6.45, 7) is 0. The van der Waals surface area contributed by atoms with E-state index in [-0.39, 0.29) is 0 Å². The molecule has 0 bridgehead atoms. The van der Waals surface area contributed by atoms with Crippen LogP contribution in [0.25, 0.3) is 0 Å². The number of ether oxygens (including phenoxy) is 1. The number of aromatic carboxylic acids is 1. The minimum atomic E-state index is -0.898. The van der Waals surface area contributed by atoms with Crippen LogP contribution in [0.5, 0.6) is 5.75 Å². The van der Waals surface area contributed by atoms with E-state index >= 15 is 0 Å². The third-order valence-electron chi connectivity index (χ3n) is 2.57. The first-order chi connectivity index (χ1) is 8.61. The maximum Gasteiger partial charge on any atom is 0.345 e. The number of anilines is 2. The summed E-state index contributed by atoms with van der Waals surface area (Å²) in [7, 11) is 3.51. The first-order valence-corrected chi connectivity index (χ1v) is 6.14. The molecule has 94 valence electrons.